The van der Waals surface area contributed by atoms with Crippen molar-refractivity contribution in [1.82, 2.24) is 5.32 Å². The number of rotatable bonds is 7. The van der Waals surface area contributed by atoms with Crippen molar-refractivity contribution in [3.05, 3.63) is 58.6 Å². The van der Waals surface area contributed by atoms with Gasteiger partial charge in [-0.1, -0.05) is 23.7 Å². The number of halogens is 1. The van der Waals surface area contributed by atoms with E-state index in [1.54, 1.807) is 18.2 Å². The minimum atomic E-state index is -0.165. The fourth-order valence-corrected chi connectivity index (χ4v) is 2.43. The van der Waals surface area contributed by atoms with Crippen LogP contribution in [0, 0.1) is 0 Å². The number of carbonyl (C=O) groups is 1. The van der Waals surface area contributed by atoms with Crippen LogP contribution in [0.1, 0.15) is 42.7 Å². The monoisotopic (exact) mass is 347 g/mol. The lowest BCUT2D eigenvalue weighted by atomic mass is 10.1. The van der Waals surface area contributed by atoms with Crippen molar-refractivity contribution in [1.29, 1.82) is 0 Å². The van der Waals surface area contributed by atoms with Crippen LogP contribution in [0.25, 0.3) is 0 Å². The van der Waals surface area contributed by atoms with Gasteiger partial charge in [0.05, 0.1) is 19.3 Å². The molecule has 2 aromatic carbocycles. The first-order chi connectivity index (χ1) is 11.5. The topological polar surface area (TPSA) is 47.6 Å². The molecule has 1 atom stereocenters. The van der Waals surface area contributed by atoms with Crippen molar-refractivity contribution in [2.24, 2.45) is 0 Å². The Morgan fingerprint density at radius 2 is 1.67 bits per heavy atom. The van der Waals surface area contributed by atoms with Crippen LogP contribution < -0.4 is 14.8 Å². The molecule has 24 heavy (non-hydrogen) atoms. The van der Waals surface area contributed by atoms with Gasteiger partial charge in [0.1, 0.15) is 0 Å². The molecule has 0 saturated carbocycles. The second-order valence-electron chi connectivity index (χ2n) is 5.27. The van der Waals surface area contributed by atoms with Crippen LogP contribution in [0.5, 0.6) is 11.5 Å². The lowest BCUT2D eigenvalue weighted by molar-refractivity contribution is 0.0939. The molecular weight excluding hydrogens is 326 g/mol. The van der Waals surface area contributed by atoms with Crippen molar-refractivity contribution in [3.63, 3.8) is 0 Å². The Kier molecular flexibility index (Phi) is 6.50. The van der Waals surface area contributed by atoms with E-state index in [4.69, 9.17) is 21.1 Å². The quantitative estimate of drug-likeness (QED) is 0.794. The maximum Gasteiger partial charge on any atom is 0.251 e. The predicted molar refractivity (Wildman–Crippen MR) is 96.1 cm³/mol. The Hall–Kier alpha value is -2.20. The highest BCUT2D eigenvalue weighted by Crippen LogP contribution is 2.28. The van der Waals surface area contributed by atoms with Gasteiger partial charge in [-0.25, -0.2) is 0 Å². The van der Waals surface area contributed by atoms with Gasteiger partial charge < -0.3 is 14.8 Å². The molecule has 0 aliphatic heterocycles. The third kappa shape index (κ3) is 4.65. The van der Waals surface area contributed by atoms with E-state index in [9.17, 15) is 4.79 Å². The lowest BCUT2D eigenvalue weighted by Crippen LogP contribution is -2.26. The fraction of sp³-hybridized carbons (Fsp3) is 0.316. The van der Waals surface area contributed by atoms with Gasteiger partial charge in [-0.15, -0.1) is 0 Å². The van der Waals surface area contributed by atoms with Gasteiger partial charge in [0.25, 0.3) is 5.91 Å². The minimum absolute atomic E-state index is 0.128. The predicted octanol–water partition coefficient (Wildman–Crippen LogP) is 4.63. The van der Waals surface area contributed by atoms with Crippen LogP contribution in [0.4, 0.5) is 0 Å². The molecule has 0 fully saturated rings. The molecule has 1 N–H and O–H groups in total. The van der Waals surface area contributed by atoms with Crippen LogP contribution in [0.2, 0.25) is 5.02 Å². The van der Waals surface area contributed by atoms with Gasteiger partial charge in [-0.05, 0) is 56.7 Å². The Balaban J connectivity index is 2.13. The third-order valence-electron chi connectivity index (χ3n) is 3.52. The second kappa shape index (κ2) is 8.60. The summed E-state index contributed by atoms with van der Waals surface area (Å²) in [5.41, 5.74) is 1.52. The average molecular weight is 348 g/mol. The number of amides is 1. The summed E-state index contributed by atoms with van der Waals surface area (Å²) in [6.45, 7) is 6.78. The van der Waals surface area contributed by atoms with Crippen LogP contribution in [0.3, 0.4) is 0 Å². The minimum Gasteiger partial charge on any atom is -0.490 e. The summed E-state index contributed by atoms with van der Waals surface area (Å²) in [5.74, 6) is 1.05. The number of hydrogen-bond acceptors (Lipinski definition) is 3. The molecule has 2 rings (SSSR count). The summed E-state index contributed by atoms with van der Waals surface area (Å²) < 4.78 is 11.1. The van der Waals surface area contributed by atoms with Gasteiger partial charge in [-0.3, -0.25) is 4.79 Å². The van der Waals surface area contributed by atoms with Gasteiger partial charge in [0.15, 0.2) is 11.5 Å². The van der Waals surface area contributed by atoms with Gasteiger partial charge in [0, 0.05) is 10.6 Å². The Bertz CT molecular complexity index is 686. The first-order valence-corrected chi connectivity index (χ1v) is 8.38. The zero-order chi connectivity index (χ0) is 17.5. The molecule has 128 valence electrons. The van der Waals surface area contributed by atoms with Crippen LogP contribution >= 0.6 is 11.6 Å². The van der Waals surface area contributed by atoms with E-state index < -0.39 is 0 Å². The molecule has 2 aromatic rings. The van der Waals surface area contributed by atoms with Crippen molar-refractivity contribution in [2.45, 2.75) is 26.8 Å². The zero-order valence-electron chi connectivity index (χ0n) is 14.1. The summed E-state index contributed by atoms with van der Waals surface area (Å²) in [7, 11) is 0. The van der Waals surface area contributed by atoms with Crippen LogP contribution in [-0.4, -0.2) is 19.1 Å². The Labute approximate surface area is 147 Å². The molecule has 0 spiro atoms. The number of ether oxygens (including phenoxy) is 2. The number of hydrogen-bond donors (Lipinski definition) is 1. The molecule has 0 heterocycles. The molecule has 5 heteroatoms. The Morgan fingerprint density at radius 3 is 2.29 bits per heavy atom. The normalized spacial score (nSPS) is 11.7. The zero-order valence-corrected chi connectivity index (χ0v) is 14.9. The van der Waals surface area contributed by atoms with Crippen LogP contribution in [-0.2, 0) is 0 Å². The molecule has 4 nitrogen and oxygen atoms in total. The van der Waals surface area contributed by atoms with Crippen molar-refractivity contribution < 1.29 is 14.3 Å². The number of nitrogens with one attached hydrogen (secondary N) is 1. The second-order valence-corrected chi connectivity index (χ2v) is 5.71. The van der Waals surface area contributed by atoms with E-state index in [-0.39, 0.29) is 11.9 Å². The van der Waals surface area contributed by atoms with E-state index in [0.29, 0.717) is 35.3 Å². The highest BCUT2D eigenvalue weighted by molar-refractivity contribution is 6.30. The summed E-state index contributed by atoms with van der Waals surface area (Å²) >= 11 is 5.89. The maximum atomic E-state index is 12.5. The van der Waals surface area contributed by atoms with Crippen molar-refractivity contribution in [3.8, 4) is 11.5 Å². The number of carbonyl (C=O) groups excluding carboxylic acids is 1. The smallest absolute Gasteiger partial charge is 0.251 e. The van der Waals surface area contributed by atoms with Gasteiger partial charge in [-0.2, -0.15) is 0 Å². The van der Waals surface area contributed by atoms with E-state index >= 15 is 0 Å². The number of benzene rings is 2. The highest BCUT2D eigenvalue weighted by atomic mass is 35.5. The molecule has 0 bridgehead atoms. The summed E-state index contributed by atoms with van der Waals surface area (Å²) in [5, 5.41) is 3.65. The van der Waals surface area contributed by atoms with E-state index in [2.05, 4.69) is 5.32 Å². The molecule has 0 aromatic heterocycles. The van der Waals surface area contributed by atoms with E-state index in [1.165, 1.54) is 0 Å². The van der Waals surface area contributed by atoms with Crippen molar-refractivity contribution >= 4 is 17.5 Å². The molecule has 0 radical (unpaired) electrons. The van der Waals surface area contributed by atoms with E-state index in [0.717, 1.165) is 5.56 Å². The lowest BCUT2D eigenvalue weighted by Gasteiger charge is -2.16. The SMILES string of the molecule is CCOc1ccc(C(=O)NC(C)c2ccc(Cl)cc2)cc1OCC. The summed E-state index contributed by atoms with van der Waals surface area (Å²) in [4.78, 5) is 12.5. The maximum absolute atomic E-state index is 12.5. The molecule has 0 aliphatic carbocycles. The fourth-order valence-electron chi connectivity index (χ4n) is 2.31. The average Bonchev–Trinajstić information content (AvgIpc) is 2.57. The van der Waals surface area contributed by atoms with Crippen LogP contribution in [0.15, 0.2) is 42.5 Å². The third-order valence-corrected chi connectivity index (χ3v) is 3.78. The van der Waals surface area contributed by atoms with Crippen molar-refractivity contribution in [2.75, 3.05) is 13.2 Å². The first kappa shape index (κ1) is 18.1. The molecule has 0 saturated heterocycles. The summed E-state index contributed by atoms with van der Waals surface area (Å²) in [6, 6.07) is 12.5. The first-order valence-electron chi connectivity index (χ1n) is 8.01. The molecule has 0 aliphatic rings. The molecule has 1 amide bonds. The standard InChI is InChI=1S/C19H22ClNO3/c1-4-23-17-11-8-15(12-18(17)24-5-2)19(22)21-13(3)14-6-9-16(20)10-7-14/h6-13H,4-5H2,1-3H3,(H,21,22). The van der Waals surface area contributed by atoms with E-state index in [1.807, 2.05) is 45.0 Å². The molecular formula is C19H22ClNO3. The largest absolute Gasteiger partial charge is 0.490 e. The highest BCUT2D eigenvalue weighted by Gasteiger charge is 2.14. The summed E-state index contributed by atoms with van der Waals surface area (Å²) in [6.07, 6.45) is 0. The van der Waals surface area contributed by atoms with Gasteiger partial charge in [0.2, 0.25) is 0 Å². The van der Waals surface area contributed by atoms with Gasteiger partial charge >= 0.3 is 0 Å². The molecule has 1 unspecified atom stereocenters. The Morgan fingerprint density at radius 1 is 1.04 bits per heavy atom.